The summed E-state index contributed by atoms with van der Waals surface area (Å²) in [7, 11) is 0. The summed E-state index contributed by atoms with van der Waals surface area (Å²) < 4.78 is 10.5. The van der Waals surface area contributed by atoms with Gasteiger partial charge in [-0.3, -0.25) is 0 Å². The van der Waals surface area contributed by atoms with Gasteiger partial charge in [0, 0.05) is 11.5 Å². The second-order valence-electron chi connectivity index (χ2n) is 8.77. The number of carbonyl (C=O) groups excluding carboxylic acids is 2. The van der Waals surface area contributed by atoms with Gasteiger partial charge in [0.15, 0.2) is 0 Å². The first-order valence-electron chi connectivity index (χ1n) is 12.0. The van der Waals surface area contributed by atoms with Crippen molar-refractivity contribution in [3.63, 3.8) is 0 Å². The molecule has 1 aliphatic carbocycles. The third-order valence-corrected chi connectivity index (χ3v) is 6.29. The molecular formula is C27H38O6. The minimum absolute atomic E-state index is 0.0541. The largest absolute Gasteiger partial charge is 0.507 e. The number of benzene rings is 1. The van der Waals surface area contributed by atoms with Gasteiger partial charge >= 0.3 is 11.9 Å². The molecule has 6 heteroatoms. The lowest BCUT2D eigenvalue weighted by Crippen LogP contribution is -2.21. The first-order chi connectivity index (χ1) is 15.7. The van der Waals surface area contributed by atoms with Gasteiger partial charge in [-0.25, -0.2) is 9.59 Å². The van der Waals surface area contributed by atoms with Crippen LogP contribution in [0.5, 0.6) is 11.5 Å². The summed E-state index contributed by atoms with van der Waals surface area (Å²) in [6.07, 6.45) is 6.48. The van der Waals surface area contributed by atoms with E-state index in [9.17, 15) is 19.8 Å². The molecule has 6 nitrogen and oxygen atoms in total. The Balaban J connectivity index is 2.90. The fourth-order valence-corrected chi connectivity index (χ4v) is 4.66. The van der Waals surface area contributed by atoms with E-state index in [1.807, 2.05) is 26.8 Å². The lowest BCUT2D eigenvalue weighted by molar-refractivity contribution is 0.0518. The van der Waals surface area contributed by atoms with Gasteiger partial charge in [-0.05, 0) is 64.9 Å². The first kappa shape index (κ1) is 26.5. The highest BCUT2D eigenvalue weighted by Crippen LogP contribution is 2.50. The Morgan fingerprint density at radius 1 is 1.03 bits per heavy atom. The van der Waals surface area contributed by atoms with Crippen LogP contribution in [0, 0.1) is 5.92 Å². The fraction of sp³-hybridized carbons (Fsp3) is 0.556. The van der Waals surface area contributed by atoms with Gasteiger partial charge in [-0.15, -0.1) is 0 Å². The lowest BCUT2D eigenvalue weighted by atomic mass is 9.72. The van der Waals surface area contributed by atoms with E-state index in [4.69, 9.17) is 9.47 Å². The van der Waals surface area contributed by atoms with Crippen molar-refractivity contribution in [1.82, 2.24) is 0 Å². The van der Waals surface area contributed by atoms with Crippen molar-refractivity contribution >= 4 is 11.9 Å². The van der Waals surface area contributed by atoms with Crippen molar-refractivity contribution in [3.05, 3.63) is 46.1 Å². The molecule has 2 N–H and O–H groups in total. The Morgan fingerprint density at radius 3 is 2.03 bits per heavy atom. The summed E-state index contributed by atoms with van der Waals surface area (Å²) in [5, 5.41) is 22.8. The number of phenols is 2. The molecule has 0 fully saturated rings. The van der Waals surface area contributed by atoms with Gasteiger partial charge in [-0.1, -0.05) is 43.6 Å². The zero-order valence-electron chi connectivity index (χ0n) is 20.6. The molecule has 0 aliphatic heterocycles. The molecule has 0 radical (unpaired) electrons. The third kappa shape index (κ3) is 5.79. The molecule has 0 unspecified atom stereocenters. The van der Waals surface area contributed by atoms with Gasteiger partial charge in [0.25, 0.3) is 0 Å². The number of hydrogen-bond donors (Lipinski definition) is 2. The van der Waals surface area contributed by atoms with Crippen molar-refractivity contribution in [3.8, 4) is 11.5 Å². The Bertz CT molecular complexity index is 882. The number of hydrogen-bond acceptors (Lipinski definition) is 6. The summed E-state index contributed by atoms with van der Waals surface area (Å²) in [6, 6.07) is 0. The Kier molecular flexibility index (Phi) is 9.56. The summed E-state index contributed by atoms with van der Waals surface area (Å²) in [5.74, 6) is -2.56. The van der Waals surface area contributed by atoms with Crippen LogP contribution in [0.3, 0.4) is 0 Å². The smallest absolute Gasteiger partial charge is 0.342 e. The zero-order chi connectivity index (χ0) is 24.7. The van der Waals surface area contributed by atoms with Crippen LogP contribution in [-0.2, 0) is 15.9 Å². The van der Waals surface area contributed by atoms with E-state index in [0.29, 0.717) is 12.8 Å². The van der Waals surface area contributed by atoms with E-state index < -0.39 is 17.9 Å². The molecule has 0 spiro atoms. The maximum absolute atomic E-state index is 13.0. The quantitative estimate of drug-likeness (QED) is 0.246. The molecule has 33 heavy (non-hydrogen) atoms. The predicted octanol–water partition coefficient (Wildman–Crippen LogP) is 6.20. The standard InChI is InChI=1S/C27H38O6/c1-7-10-11-12-19-22(26(30)32-8-2)24(28)21(25(29)23(19)27(31)33-9-3)20-15-17(6)13-14-18(20)16(4)5/h15,18,20,28-29H,4,7-14H2,1-3,5-6H3/t18-,20+/m0/s1. The van der Waals surface area contributed by atoms with E-state index >= 15 is 0 Å². The van der Waals surface area contributed by atoms with Gasteiger partial charge in [0.05, 0.1) is 13.2 Å². The van der Waals surface area contributed by atoms with Crippen molar-refractivity contribution in [1.29, 1.82) is 0 Å². The van der Waals surface area contributed by atoms with Crippen LogP contribution in [0.4, 0.5) is 0 Å². The molecule has 2 rings (SSSR count). The molecule has 0 saturated heterocycles. The molecule has 1 aliphatic rings. The number of esters is 2. The van der Waals surface area contributed by atoms with E-state index in [-0.39, 0.29) is 52.9 Å². The van der Waals surface area contributed by atoms with E-state index in [1.165, 1.54) is 0 Å². The Labute approximate surface area is 197 Å². The number of phenolic OH excluding ortho intramolecular Hbond substituents is 2. The molecule has 2 atom stereocenters. The van der Waals surface area contributed by atoms with Crippen molar-refractivity contribution < 1.29 is 29.3 Å². The summed E-state index contributed by atoms with van der Waals surface area (Å²) in [6.45, 7) is 13.7. The normalized spacial score (nSPS) is 17.9. The maximum Gasteiger partial charge on any atom is 0.342 e. The minimum Gasteiger partial charge on any atom is -0.507 e. The van der Waals surface area contributed by atoms with Gasteiger partial charge in [0.1, 0.15) is 22.6 Å². The van der Waals surface area contributed by atoms with Crippen molar-refractivity contribution in [2.24, 2.45) is 5.92 Å². The average molecular weight is 459 g/mol. The van der Waals surface area contributed by atoms with Crippen molar-refractivity contribution in [2.45, 2.75) is 79.1 Å². The van der Waals surface area contributed by atoms with Crippen LogP contribution >= 0.6 is 0 Å². The van der Waals surface area contributed by atoms with Crippen LogP contribution < -0.4 is 0 Å². The van der Waals surface area contributed by atoms with Gasteiger partial charge in [-0.2, -0.15) is 0 Å². The molecule has 1 aromatic rings. The van der Waals surface area contributed by atoms with Crippen LogP contribution in [-0.4, -0.2) is 35.4 Å². The molecule has 1 aromatic carbocycles. The molecular weight excluding hydrogens is 420 g/mol. The minimum atomic E-state index is -0.711. The van der Waals surface area contributed by atoms with Crippen LogP contribution in [0.2, 0.25) is 0 Å². The molecule has 182 valence electrons. The first-order valence-corrected chi connectivity index (χ1v) is 12.0. The maximum atomic E-state index is 13.0. The SMILES string of the molecule is C=C(C)[C@@H]1CCC(C)=C[C@H]1c1c(O)c(C(=O)OCC)c(CCCCC)c(C(=O)OCC)c1O. The molecule has 0 heterocycles. The second kappa shape index (κ2) is 11.9. The van der Waals surface area contributed by atoms with Crippen LogP contribution in [0.1, 0.15) is 104 Å². The molecule has 0 saturated carbocycles. The average Bonchev–Trinajstić information content (AvgIpc) is 2.74. The topological polar surface area (TPSA) is 93.1 Å². The number of carbonyl (C=O) groups is 2. The van der Waals surface area contributed by atoms with Gasteiger partial charge < -0.3 is 19.7 Å². The number of rotatable bonds is 10. The molecule has 0 amide bonds. The highest BCUT2D eigenvalue weighted by atomic mass is 16.5. The fourth-order valence-electron chi connectivity index (χ4n) is 4.66. The highest BCUT2D eigenvalue weighted by molar-refractivity contribution is 6.03. The van der Waals surface area contributed by atoms with Crippen LogP contribution in [0.15, 0.2) is 23.8 Å². The highest BCUT2D eigenvalue weighted by Gasteiger charge is 2.37. The summed E-state index contributed by atoms with van der Waals surface area (Å²) >= 11 is 0. The monoisotopic (exact) mass is 458 g/mol. The number of unbranched alkanes of at least 4 members (excludes halogenated alkanes) is 2. The third-order valence-electron chi connectivity index (χ3n) is 6.29. The summed E-state index contributed by atoms with van der Waals surface area (Å²) in [5.41, 5.74) is 2.35. The van der Waals surface area contributed by atoms with E-state index in [0.717, 1.165) is 36.8 Å². The Hall–Kier alpha value is -2.76. The predicted molar refractivity (Wildman–Crippen MR) is 129 cm³/mol. The van der Waals surface area contributed by atoms with Crippen LogP contribution in [0.25, 0.3) is 0 Å². The molecule has 0 aromatic heterocycles. The lowest BCUT2D eigenvalue weighted by Gasteiger charge is -2.32. The Morgan fingerprint density at radius 2 is 1.58 bits per heavy atom. The van der Waals surface area contributed by atoms with Crippen molar-refractivity contribution in [2.75, 3.05) is 13.2 Å². The summed E-state index contributed by atoms with van der Waals surface area (Å²) in [4.78, 5) is 26.1. The van der Waals surface area contributed by atoms with Gasteiger partial charge in [0.2, 0.25) is 0 Å². The number of aromatic hydroxyl groups is 2. The van der Waals surface area contributed by atoms with E-state index in [2.05, 4.69) is 6.58 Å². The number of ether oxygens (including phenoxy) is 2. The number of allylic oxidation sites excluding steroid dienone is 3. The molecule has 0 bridgehead atoms. The zero-order valence-corrected chi connectivity index (χ0v) is 20.6. The van der Waals surface area contributed by atoms with E-state index in [1.54, 1.807) is 13.8 Å². The second-order valence-corrected chi connectivity index (χ2v) is 8.77.